The third kappa shape index (κ3) is 8.69. The highest BCUT2D eigenvalue weighted by Gasteiger charge is 2.46. The van der Waals surface area contributed by atoms with Crippen LogP contribution in [0.3, 0.4) is 0 Å². The van der Waals surface area contributed by atoms with Crippen molar-refractivity contribution >= 4 is 18.5 Å². The molecule has 338 valence electrons. The summed E-state index contributed by atoms with van der Waals surface area (Å²) in [5, 5.41) is 0. The number of aryl methyl sites for hydroxylation is 4. The van der Waals surface area contributed by atoms with Crippen LogP contribution >= 0.6 is 0 Å². The molecule has 0 aromatic heterocycles. The van der Waals surface area contributed by atoms with Crippen molar-refractivity contribution in [3.63, 3.8) is 0 Å². The van der Waals surface area contributed by atoms with E-state index in [0.29, 0.717) is 34.5 Å². The Morgan fingerprint density at radius 1 is 0.368 bits per heavy atom. The number of carbonyl (C=O) groups excluding carboxylic acids is 3. The van der Waals surface area contributed by atoms with Crippen LogP contribution in [0, 0.1) is 27.7 Å². The second-order valence-electron chi connectivity index (χ2n) is 17.4. The minimum absolute atomic E-state index is 0.308. The van der Waals surface area contributed by atoms with Crippen LogP contribution in [0.2, 0.25) is 0 Å². The fraction of sp³-hybridized carbons (Fsp3) is 0.136. The van der Waals surface area contributed by atoms with E-state index in [4.69, 9.17) is 28.4 Å². The molecule has 8 aromatic rings. The average molecular weight is 901 g/mol. The maximum atomic E-state index is 13.6. The molecule has 0 radical (unpaired) electrons. The van der Waals surface area contributed by atoms with Crippen LogP contribution in [0.4, 0.5) is 14.4 Å². The minimum atomic E-state index is -0.919. The zero-order valence-electron chi connectivity index (χ0n) is 38.5. The van der Waals surface area contributed by atoms with E-state index in [9.17, 15) is 14.4 Å². The molecule has 0 saturated heterocycles. The first-order valence-electron chi connectivity index (χ1n) is 22.2. The van der Waals surface area contributed by atoms with Crippen LogP contribution in [-0.2, 0) is 10.8 Å². The summed E-state index contributed by atoms with van der Waals surface area (Å²) < 4.78 is 34.2. The largest absolute Gasteiger partial charge is 0.519 e. The Morgan fingerprint density at radius 3 is 1.12 bits per heavy atom. The molecule has 0 unspecified atom stereocenters. The van der Waals surface area contributed by atoms with E-state index in [1.807, 2.05) is 137 Å². The number of rotatable bonds is 10. The lowest BCUT2D eigenvalue weighted by Gasteiger charge is -2.34. The van der Waals surface area contributed by atoms with Crippen molar-refractivity contribution in [3.8, 4) is 45.6 Å². The predicted octanol–water partition coefficient (Wildman–Crippen LogP) is 14.3. The number of para-hydroxylation sites is 2. The van der Waals surface area contributed by atoms with E-state index in [0.717, 1.165) is 66.8 Å². The van der Waals surface area contributed by atoms with E-state index in [-0.39, 0.29) is 0 Å². The number of hydrogen-bond acceptors (Lipinski definition) is 9. The summed E-state index contributed by atoms with van der Waals surface area (Å²) in [6.07, 6.45) is -2.56. The van der Waals surface area contributed by atoms with Gasteiger partial charge in [-0.25, -0.2) is 14.4 Å². The Labute approximate surface area is 395 Å². The van der Waals surface area contributed by atoms with Gasteiger partial charge in [-0.1, -0.05) is 147 Å². The van der Waals surface area contributed by atoms with E-state index < -0.39 is 29.3 Å². The lowest BCUT2D eigenvalue weighted by molar-refractivity contribution is 0.150. The van der Waals surface area contributed by atoms with Gasteiger partial charge in [-0.15, -0.1) is 0 Å². The molecule has 0 fully saturated rings. The van der Waals surface area contributed by atoms with Gasteiger partial charge in [0.15, 0.2) is 0 Å². The number of fused-ring (bicyclic) bond motifs is 3. The van der Waals surface area contributed by atoms with Crippen LogP contribution < -0.4 is 28.4 Å². The van der Waals surface area contributed by atoms with E-state index >= 15 is 0 Å². The molecular weight excluding hydrogens is 853 g/mol. The number of benzene rings is 8. The topological polar surface area (TPSA) is 107 Å². The smallest absolute Gasteiger partial charge is 0.395 e. The highest BCUT2D eigenvalue weighted by molar-refractivity contribution is 5.87. The summed E-state index contributed by atoms with van der Waals surface area (Å²) in [7, 11) is 0. The van der Waals surface area contributed by atoms with Gasteiger partial charge in [0.05, 0.1) is 5.41 Å². The van der Waals surface area contributed by atoms with Crippen molar-refractivity contribution in [1.29, 1.82) is 0 Å². The normalized spacial score (nSPS) is 12.3. The lowest BCUT2D eigenvalue weighted by Crippen LogP contribution is -2.29. The maximum absolute atomic E-state index is 13.6. The van der Waals surface area contributed by atoms with Gasteiger partial charge in [-0.3, -0.25) is 0 Å². The van der Waals surface area contributed by atoms with Gasteiger partial charge in [0, 0.05) is 5.41 Å². The van der Waals surface area contributed by atoms with Crippen LogP contribution in [0.1, 0.15) is 69.5 Å². The molecule has 1 aliphatic rings. The fourth-order valence-electron chi connectivity index (χ4n) is 8.91. The van der Waals surface area contributed by atoms with Gasteiger partial charge < -0.3 is 28.4 Å². The Hall–Kier alpha value is -8.43. The molecule has 8 aromatic carbocycles. The van der Waals surface area contributed by atoms with Gasteiger partial charge in [0.2, 0.25) is 0 Å². The Morgan fingerprint density at radius 2 is 0.706 bits per heavy atom. The summed E-state index contributed by atoms with van der Waals surface area (Å²) in [5.74, 6) is 2.19. The first-order chi connectivity index (χ1) is 32.8. The second kappa shape index (κ2) is 18.5. The first kappa shape index (κ1) is 44.8. The van der Waals surface area contributed by atoms with Gasteiger partial charge in [-0.05, 0) is 143 Å². The molecule has 0 saturated carbocycles. The van der Waals surface area contributed by atoms with Crippen LogP contribution in [0.15, 0.2) is 182 Å². The van der Waals surface area contributed by atoms with Crippen LogP contribution in [0.5, 0.6) is 34.5 Å². The molecule has 0 N–H and O–H groups in total. The molecule has 0 heterocycles. The summed E-state index contributed by atoms with van der Waals surface area (Å²) >= 11 is 0. The highest BCUT2D eigenvalue weighted by atomic mass is 16.7. The number of hydrogen-bond donors (Lipinski definition) is 0. The van der Waals surface area contributed by atoms with Crippen molar-refractivity contribution in [2.45, 2.75) is 52.4 Å². The first-order valence-corrected chi connectivity index (χ1v) is 22.2. The van der Waals surface area contributed by atoms with Crippen molar-refractivity contribution < 1.29 is 42.8 Å². The summed E-state index contributed by atoms with van der Waals surface area (Å²) in [4.78, 5) is 39.4. The minimum Gasteiger partial charge on any atom is -0.395 e. The summed E-state index contributed by atoms with van der Waals surface area (Å²) in [6, 6.07) is 57.2. The quantitative estimate of drug-likeness (QED) is 0.0979. The Bertz CT molecular complexity index is 3160. The molecule has 0 bridgehead atoms. The van der Waals surface area contributed by atoms with Crippen molar-refractivity contribution in [1.82, 2.24) is 0 Å². The molecule has 9 heteroatoms. The zero-order chi connectivity index (χ0) is 47.6. The molecule has 0 aliphatic heterocycles. The molecule has 0 spiro atoms. The third-order valence-corrected chi connectivity index (χ3v) is 12.7. The third-order valence-electron chi connectivity index (χ3n) is 12.7. The molecule has 9 rings (SSSR count). The molecular formula is C59H48O9. The molecule has 68 heavy (non-hydrogen) atoms. The van der Waals surface area contributed by atoms with Crippen molar-refractivity contribution in [3.05, 3.63) is 238 Å². The summed E-state index contributed by atoms with van der Waals surface area (Å²) in [6.45, 7) is 11.6. The fourth-order valence-corrected chi connectivity index (χ4v) is 8.91. The molecule has 0 amide bonds. The van der Waals surface area contributed by atoms with Gasteiger partial charge in [0.25, 0.3) is 0 Å². The van der Waals surface area contributed by atoms with E-state index in [2.05, 4.69) is 38.1 Å². The van der Waals surface area contributed by atoms with Gasteiger partial charge >= 0.3 is 18.5 Å². The Kier molecular flexibility index (Phi) is 12.1. The lowest BCUT2D eigenvalue weighted by atomic mass is 9.67. The predicted molar refractivity (Wildman–Crippen MR) is 261 cm³/mol. The van der Waals surface area contributed by atoms with Crippen LogP contribution in [0.25, 0.3) is 11.1 Å². The Balaban J connectivity index is 0.956. The van der Waals surface area contributed by atoms with E-state index in [1.165, 1.54) is 0 Å². The number of ether oxygens (including phenoxy) is 6. The molecule has 0 atom stereocenters. The number of carbonyl (C=O) groups is 3. The molecule has 1 aliphatic carbocycles. The van der Waals surface area contributed by atoms with Crippen LogP contribution in [-0.4, -0.2) is 18.5 Å². The van der Waals surface area contributed by atoms with E-state index in [1.54, 1.807) is 48.5 Å². The standard InChI is InChI=1S/C59H48O9/c1-37-15-7-13-21-51(37)65-55(60)63-45-31-27-41(28-32-45)58(5,6)42-29-33-46(34-30-42)64-56(61)67-53-35-43(25-23-39(53)3)59(49-19-11-9-17-47(49)48-18-10-12-20-50(48)59)44-26-24-40(4)54(36-44)68-57(62)66-52-22-14-8-16-38(52)2/h7-36H,1-6H3. The highest BCUT2D eigenvalue weighted by Crippen LogP contribution is 2.57. The second-order valence-corrected chi connectivity index (χ2v) is 17.4. The molecule has 9 nitrogen and oxygen atoms in total. The summed E-state index contributed by atoms with van der Waals surface area (Å²) in [5.41, 5.74) is 9.47. The zero-order valence-corrected chi connectivity index (χ0v) is 38.5. The maximum Gasteiger partial charge on any atom is 0.519 e. The van der Waals surface area contributed by atoms with Gasteiger partial charge in [-0.2, -0.15) is 0 Å². The average Bonchev–Trinajstić information content (AvgIpc) is 3.63. The van der Waals surface area contributed by atoms with Gasteiger partial charge in [0.1, 0.15) is 34.5 Å². The SMILES string of the molecule is Cc1ccccc1OC(=O)Oc1ccc(C(C)(C)c2ccc(OC(=O)Oc3cc(C4(c5ccc(C)c(OC(=O)Oc6ccccc6C)c5)c5ccccc5-c5ccccc54)ccc3C)cc2)cc1. The van der Waals surface area contributed by atoms with Crippen molar-refractivity contribution in [2.75, 3.05) is 0 Å². The van der Waals surface area contributed by atoms with Crippen molar-refractivity contribution in [2.24, 2.45) is 0 Å². The monoisotopic (exact) mass is 900 g/mol.